The van der Waals surface area contributed by atoms with Gasteiger partial charge in [0, 0.05) is 31.0 Å². The minimum Gasteiger partial charge on any atom is -0.331 e. The van der Waals surface area contributed by atoms with Gasteiger partial charge < -0.3 is 10.2 Å². The molecule has 0 bridgehead atoms. The molecule has 0 radical (unpaired) electrons. The van der Waals surface area contributed by atoms with Crippen molar-refractivity contribution in [1.82, 2.24) is 14.7 Å². The number of nitrogens with one attached hydrogen (secondary N) is 1. The van der Waals surface area contributed by atoms with Crippen LogP contribution in [-0.2, 0) is 9.59 Å². The van der Waals surface area contributed by atoms with E-state index in [1.165, 1.54) is 0 Å². The third-order valence-corrected chi connectivity index (χ3v) is 4.06. The van der Waals surface area contributed by atoms with Crippen molar-refractivity contribution in [2.24, 2.45) is 0 Å². The zero-order chi connectivity index (χ0) is 16.2. The number of aromatic nitrogens is 2. The fourth-order valence-corrected chi connectivity index (χ4v) is 2.92. The molecule has 1 aromatic carbocycles. The standard InChI is InChI=1S/C17H20N4O2/c1-2-15(20-10-4-8-16(20)22)17(23)19-13-6-3-7-14(12-13)21-11-5-9-18-21/h3,5-7,9,11-12,15H,2,4,8,10H2,1H3,(H,19,23)/t15-/m0/s1. The Balaban J connectivity index is 1.74. The van der Waals surface area contributed by atoms with Crippen LogP contribution in [0.3, 0.4) is 0 Å². The van der Waals surface area contributed by atoms with Gasteiger partial charge in [-0.3, -0.25) is 9.59 Å². The third kappa shape index (κ3) is 3.26. The van der Waals surface area contributed by atoms with Crippen molar-refractivity contribution in [3.8, 4) is 5.69 Å². The lowest BCUT2D eigenvalue weighted by molar-refractivity contribution is -0.135. The Labute approximate surface area is 135 Å². The van der Waals surface area contributed by atoms with Gasteiger partial charge in [0.2, 0.25) is 11.8 Å². The highest BCUT2D eigenvalue weighted by Gasteiger charge is 2.31. The summed E-state index contributed by atoms with van der Waals surface area (Å²) in [6, 6.07) is 8.93. The molecule has 1 aliphatic rings. The van der Waals surface area contributed by atoms with Gasteiger partial charge in [0.05, 0.1) is 5.69 Å². The van der Waals surface area contributed by atoms with E-state index in [1.54, 1.807) is 15.8 Å². The molecule has 1 saturated heterocycles. The van der Waals surface area contributed by atoms with Crippen molar-refractivity contribution in [1.29, 1.82) is 0 Å². The van der Waals surface area contributed by atoms with E-state index in [1.807, 2.05) is 43.5 Å². The molecule has 1 fully saturated rings. The molecule has 0 unspecified atom stereocenters. The Bertz CT molecular complexity index is 696. The van der Waals surface area contributed by atoms with Crippen LogP contribution in [0.15, 0.2) is 42.7 Å². The highest BCUT2D eigenvalue weighted by atomic mass is 16.2. The summed E-state index contributed by atoms with van der Waals surface area (Å²) in [5.74, 6) is -0.0716. The van der Waals surface area contributed by atoms with Crippen LogP contribution in [0.2, 0.25) is 0 Å². The fourth-order valence-electron chi connectivity index (χ4n) is 2.92. The summed E-state index contributed by atoms with van der Waals surface area (Å²) in [6.07, 6.45) is 5.53. The van der Waals surface area contributed by atoms with Crippen LogP contribution in [0.1, 0.15) is 26.2 Å². The number of hydrogen-bond acceptors (Lipinski definition) is 3. The average molecular weight is 312 g/mol. The maximum atomic E-state index is 12.5. The summed E-state index contributed by atoms with van der Waals surface area (Å²) < 4.78 is 1.73. The molecule has 1 aliphatic heterocycles. The molecule has 2 amide bonds. The van der Waals surface area contributed by atoms with Crippen molar-refractivity contribution in [3.63, 3.8) is 0 Å². The first-order chi connectivity index (χ1) is 11.2. The van der Waals surface area contributed by atoms with Crippen molar-refractivity contribution in [2.45, 2.75) is 32.2 Å². The molecule has 0 aliphatic carbocycles. The van der Waals surface area contributed by atoms with Crippen LogP contribution in [0.25, 0.3) is 5.69 Å². The number of amides is 2. The van der Waals surface area contributed by atoms with E-state index in [0.717, 1.165) is 12.1 Å². The molecule has 1 atom stereocenters. The summed E-state index contributed by atoms with van der Waals surface area (Å²) in [5.41, 5.74) is 1.58. The Morgan fingerprint density at radius 3 is 2.91 bits per heavy atom. The number of likely N-dealkylation sites (tertiary alicyclic amines) is 1. The van der Waals surface area contributed by atoms with E-state index >= 15 is 0 Å². The van der Waals surface area contributed by atoms with E-state index in [9.17, 15) is 9.59 Å². The first-order valence-electron chi connectivity index (χ1n) is 7.89. The first kappa shape index (κ1) is 15.3. The van der Waals surface area contributed by atoms with E-state index < -0.39 is 6.04 Å². The summed E-state index contributed by atoms with van der Waals surface area (Å²) in [6.45, 7) is 2.59. The van der Waals surface area contributed by atoms with E-state index in [-0.39, 0.29) is 11.8 Å². The molecule has 6 heteroatoms. The van der Waals surface area contributed by atoms with E-state index in [0.29, 0.717) is 25.1 Å². The van der Waals surface area contributed by atoms with E-state index in [2.05, 4.69) is 10.4 Å². The molecular weight excluding hydrogens is 292 g/mol. The lowest BCUT2D eigenvalue weighted by Gasteiger charge is -2.25. The van der Waals surface area contributed by atoms with Crippen LogP contribution in [0.5, 0.6) is 0 Å². The van der Waals surface area contributed by atoms with Gasteiger partial charge in [-0.25, -0.2) is 4.68 Å². The van der Waals surface area contributed by atoms with Crippen LogP contribution in [0.4, 0.5) is 5.69 Å². The summed E-state index contributed by atoms with van der Waals surface area (Å²) in [7, 11) is 0. The zero-order valence-corrected chi connectivity index (χ0v) is 13.1. The Hall–Kier alpha value is -2.63. The number of carbonyl (C=O) groups excluding carboxylic acids is 2. The van der Waals surface area contributed by atoms with Gasteiger partial charge in [-0.15, -0.1) is 0 Å². The third-order valence-electron chi connectivity index (χ3n) is 4.06. The molecule has 0 spiro atoms. The van der Waals surface area contributed by atoms with Crippen LogP contribution in [0, 0.1) is 0 Å². The molecule has 6 nitrogen and oxygen atoms in total. The van der Waals surface area contributed by atoms with Gasteiger partial charge in [0.25, 0.3) is 0 Å². The summed E-state index contributed by atoms with van der Waals surface area (Å²) in [4.78, 5) is 26.1. The van der Waals surface area contributed by atoms with Crippen molar-refractivity contribution >= 4 is 17.5 Å². The maximum absolute atomic E-state index is 12.5. The van der Waals surface area contributed by atoms with Gasteiger partial charge in [0.1, 0.15) is 6.04 Å². The number of hydrogen-bond donors (Lipinski definition) is 1. The normalized spacial score (nSPS) is 15.7. The molecular formula is C17H20N4O2. The molecule has 2 heterocycles. The maximum Gasteiger partial charge on any atom is 0.247 e. The fraction of sp³-hybridized carbons (Fsp3) is 0.353. The minimum atomic E-state index is -0.404. The van der Waals surface area contributed by atoms with Gasteiger partial charge >= 0.3 is 0 Å². The number of rotatable bonds is 5. The second-order valence-electron chi connectivity index (χ2n) is 5.60. The number of anilines is 1. The van der Waals surface area contributed by atoms with Gasteiger partial charge in [-0.2, -0.15) is 5.10 Å². The summed E-state index contributed by atoms with van der Waals surface area (Å²) in [5, 5.41) is 7.10. The lowest BCUT2D eigenvalue weighted by Crippen LogP contribution is -2.44. The topological polar surface area (TPSA) is 67.2 Å². The van der Waals surface area contributed by atoms with Crippen LogP contribution >= 0.6 is 0 Å². The molecule has 120 valence electrons. The molecule has 0 saturated carbocycles. The lowest BCUT2D eigenvalue weighted by atomic mass is 10.1. The first-order valence-corrected chi connectivity index (χ1v) is 7.89. The highest BCUT2D eigenvalue weighted by Crippen LogP contribution is 2.19. The Morgan fingerprint density at radius 2 is 2.26 bits per heavy atom. The molecule has 1 N–H and O–H groups in total. The smallest absolute Gasteiger partial charge is 0.247 e. The molecule has 23 heavy (non-hydrogen) atoms. The number of nitrogens with zero attached hydrogens (tertiary/aromatic N) is 3. The van der Waals surface area contributed by atoms with Gasteiger partial charge in [-0.1, -0.05) is 13.0 Å². The summed E-state index contributed by atoms with van der Waals surface area (Å²) >= 11 is 0. The number of carbonyl (C=O) groups is 2. The highest BCUT2D eigenvalue weighted by molar-refractivity contribution is 5.97. The second-order valence-corrected chi connectivity index (χ2v) is 5.60. The van der Waals surface area contributed by atoms with E-state index in [4.69, 9.17) is 0 Å². The largest absolute Gasteiger partial charge is 0.331 e. The quantitative estimate of drug-likeness (QED) is 0.920. The molecule has 2 aromatic rings. The second kappa shape index (κ2) is 6.64. The van der Waals surface area contributed by atoms with Crippen molar-refractivity contribution in [3.05, 3.63) is 42.7 Å². The monoisotopic (exact) mass is 312 g/mol. The SMILES string of the molecule is CC[C@@H](C(=O)Nc1cccc(-n2cccn2)c1)N1CCCC1=O. The Kier molecular flexibility index (Phi) is 4.41. The number of benzene rings is 1. The van der Waals surface area contributed by atoms with Gasteiger partial charge in [0.15, 0.2) is 0 Å². The van der Waals surface area contributed by atoms with Crippen molar-refractivity contribution in [2.75, 3.05) is 11.9 Å². The molecule has 3 rings (SSSR count). The molecule has 1 aromatic heterocycles. The average Bonchev–Trinajstić information content (AvgIpc) is 3.21. The zero-order valence-electron chi connectivity index (χ0n) is 13.1. The van der Waals surface area contributed by atoms with Crippen LogP contribution < -0.4 is 5.32 Å². The minimum absolute atomic E-state index is 0.0669. The predicted molar refractivity (Wildman–Crippen MR) is 87.2 cm³/mol. The van der Waals surface area contributed by atoms with Crippen molar-refractivity contribution < 1.29 is 9.59 Å². The van der Waals surface area contributed by atoms with Gasteiger partial charge in [-0.05, 0) is 37.1 Å². The Morgan fingerprint density at radius 1 is 1.39 bits per heavy atom. The van der Waals surface area contributed by atoms with Crippen LogP contribution in [-0.4, -0.2) is 39.1 Å². The predicted octanol–water partition coefficient (Wildman–Crippen LogP) is 2.21.